The van der Waals surface area contributed by atoms with Crippen molar-refractivity contribution in [3.63, 3.8) is 0 Å². The van der Waals surface area contributed by atoms with Crippen LogP contribution in [0.5, 0.6) is 0 Å². The van der Waals surface area contributed by atoms with Crippen LogP contribution in [0.15, 0.2) is 0 Å². The SMILES string of the molecule is CC1(CN2CCC(C(F)(F)F)C3(CCC3)C2)CCNC1. The average molecular weight is 290 g/mol. The van der Waals surface area contributed by atoms with Gasteiger partial charge in [-0.25, -0.2) is 0 Å². The second-order valence-electron chi connectivity index (χ2n) is 7.55. The molecule has 116 valence electrons. The molecule has 2 unspecified atom stereocenters. The molecule has 2 nitrogen and oxygen atoms in total. The summed E-state index contributed by atoms with van der Waals surface area (Å²) in [5.74, 6) is -1.06. The Morgan fingerprint density at radius 2 is 2.00 bits per heavy atom. The molecular weight excluding hydrogens is 265 g/mol. The predicted molar refractivity (Wildman–Crippen MR) is 72.5 cm³/mol. The third kappa shape index (κ3) is 2.59. The van der Waals surface area contributed by atoms with Crippen LogP contribution < -0.4 is 5.32 Å². The highest BCUT2D eigenvalue weighted by Gasteiger charge is 2.58. The zero-order chi connectivity index (χ0) is 14.4. The smallest absolute Gasteiger partial charge is 0.316 e. The molecule has 3 aliphatic rings. The topological polar surface area (TPSA) is 15.3 Å². The lowest BCUT2D eigenvalue weighted by atomic mass is 9.58. The predicted octanol–water partition coefficient (Wildman–Crippen LogP) is 3.04. The van der Waals surface area contributed by atoms with E-state index in [1.165, 1.54) is 0 Å². The number of nitrogens with zero attached hydrogens (tertiary/aromatic N) is 1. The second-order valence-corrected chi connectivity index (χ2v) is 7.55. The van der Waals surface area contributed by atoms with E-state index in [2.05, 4.69) is 17.1 Å². The molecular formula is C15H25F3N2. The highest BCUT2D eigenvalue weighted by atomic mass is 19.4. The minimum atomic E-state index is -4.01. The van der Waals surface area contributed by atoms with Crippen LogP contribution in [0.1, 0.15) is 39.0 Å². The monoisotopic (exact) mass is 290 g/mol. The van der Waals surface area contributed by atoms with Crippen LogP contribution in [0.3, 0.4) is 0 Å². The van der Waals surface area contributed by atoms with Crippen molar-refractivity contribution in [3.8, 4) is 0 Å². The largest absolute Gasteiger partial charge is 0.392 e. The van der Waals surface area contributed by atoms with Crippen molar-refractivity contribution in [3.05, 3.63) is 0 Å². The van der Waals surface area contributed by atoms with E-state index in [-0.39, 0.29) is 5.41 Å². The molecule has 2 atom stereocenters. The molecule has 0 radical (unpaired) electrons. The van der Waals surface area contributed by atoms with Gasteiger partial charge in [-0.15, -0.1) is 0 Å². The van der Waals surface area contributed by atoms with Gasteiger partial charge >= 0.3 is 6.18 Å². The van der Waals surface area contributed by atoms with Crippen LogP contribution in [0, 0.1) is 16.7 Å². The molecule has 0 aromatic heterocycles. The Kier molecular flexibility index (Phi) is 3.57. The Bertz CT molecular complexity index is 357. The molecule has 0 bridgehead atoms. The standard InChI is InChI=1S/C15H25F3N2/c1-13(6-7-19-9-13)10-20-8-3-12(15(16,17)18)14(11-20)4-2-5-14/h12,19H,2-11H2,1H3. The van der Waals surface area contributed by atoms with E-state index in [9.17, 15) is 13.2 Å². The summed E-state index contributed by atoms with van der Waals surface area (Å²) in [6, 6.07) is 0. The quantitative estimate of drug-likeness (QED) is 0.841. The van der Waals surface area contributed by atoms with E-state index < -0.39 is 17.5 Å². The normalized spacial score (nSPS) is 38.1. The first-order valence-electron chi connectivity index (χ1n) is 7.83. The maximum absolute atomic E-state index is 13.2. The van der Waals surface area contributed by atoms with E-state index in [1.807, 2.05) is 0 Å². The fourth-order valence-electron chi connectivity index (χ4n) is 4.58. The number of likely N-dealkylation sites (tertiary alicyclic amines) is 1. The molecule has 5 heteroatoms. The Labute approximate surface area is 119 Å². The van der Waals surface area contributed by atoms with Crippen LogP contribution in [0.25, 0.3) is 0 Å². The molecule has 2 aliphatic heterocycles. The number of nitrogens with one attached hydrogen (secondary N) is 1. The van der Waals surface area contributed by atoms with E-state index in [0.29, 0.717) is 19.5 Å². The first-order chi connectivity index (χ1) is 9.33. The van der Waals surface area contributed by atoms with E-state index in [1.54, 1.807) is 0 Å². The molecule has 3 fully saturated rings. The highest BCUT2D eigenvalue weighted by Crippen LogP contribution is 2.56. The van der Waals surface area contributed by atoms with Crippen LogP contribution >= 0.6 is 0 Å². The highest BCUT2D eigenvalue weighted by molar-refractivity contribution is 5.02. The third-order valence-electron chi connectivity index (χ3n) is 5.82. The van der Waals surface area contributed by atoms with Gasteiger partial charge in [-0.2, -0.15) is 13.2 Å². The molecule has 0 amide bonds. The molecule has 2 saturated heterocycles. The number of alkyl halides is 3. The summed E-state index contributed by atoms with van der Waals surface area (Å²) in [7, 11) is 0. The van der Waals surface area contributed by atoms with E-state index in [0.717, 1.165) is 45.3 Å². The van der Waals surface area contributed by atoms with Gasteiger partial charge < -0.3 is 10.2 Å². The lowest BCUT2D eigenvalue weighted by Crippen LogP contribution is -2.58. The van der Waals surface area contributed by atoms with Crippen LogP contribution in [0.4, 0.5) is 13.2 Å². The lowest BCUT2D eigenvalue weighted by Gasteiger charge is -2.55. The summed E-state index contributed by atoms with van der Waals surface area (Å²) in [6.07, 6.45) is -0.0674. The first-order valence-corrected chi connectivity index (χ1v) is 7.83. The number of hydrogen-bond acceptors (Lipinski definition) is 2. The summed E-state index contributed by atoms with van der Waals surface area (Å²) in [5, 5.41) is 3.38. The second kappa shape index (κ2) is 4.87. The van der Waals surface area contributed by atoms with Gasteiger partial charge in [0.25, 0.3) is 0 Å². The van der Waals surface area contributed by atoms with Gasteiger partial charge in [-0.05, 0) is 49.6 Å². The van der Waals surface area contributed by atoms with E-state index >= 15 is 0 Å². The summed E-state index contributed by atoms with van der Waals surface area (Å²) >= 11 is 0. The molecule has 1 aliphatic carbocycles. The van der Waals surface area contributed by atoms with Crippen molar-refractivity contribution in [2.75, 3.05) is 32.7 Å². The van der Waals surface area contributed by atoms with Crippen LogP contribution in [-0.2, 0) is 0 Å². The molecule has 1 N–H and O–H groups in total. The van der Waals surface area contributed by atoms with Crippen molar-refractivity contribution < 1.29 is 13.2 Å². The van der Waals surface area contributed by atoms with Crippen molar-refractivity contribution in [1.29, 1.82) is 0 Å². The van der Waals surface area contributed by atoms with Gasteiger partial charge in [0.05, 0.1) is 5.92 Å². The zero-order valence-electron chi connectivity index (χ0n) is 12.2. The van der Waals surface area contributed by atoms with Crippen LogP contribution in [-0.4, -0.2) is 43.8 Å². The molecule has 1 spiro atoms. The summed E-state index contributed by atoms with van der Waals surface area (Å²) in [4.78, 5) is 2.31. The number of hydrogen-bond donors (Lipinski definition) is 1. The molecule has 2 heterocycles. The number of rotatable bonds is 2. The van der Waals surface area contributed by atoms with Crippen molar-refractivity contribution in [2.45, 2.75) is 45.2 Å². The zero-order valence-corrected chi connectivity index (χ0v) is 12.2. The van der Waals surface area contributed by atoms with Crippen molar-refractivity contribution in [1.82, 2.24) is 10.2 Å². The lowest BCUT2D eigenvalue weighted by molar-refractivity contribution is -0.238. The first kappa shape index (κ1) is 14.6. The number of halogens is 3. The Balaban J connectivity index is 1.67. The van der Waals surface area contributed by atoms with Crippen LogP contribution in [0.2, 0.25) is 0 Å². The molecule has 1 saturated carbocycles. The maximum atomic E-state index is 13.2. The number of piperidine rings is 1. The summed E-state index contributed by atoms with van der Waals surface area (Å²) in [5.41, 5.74) is -0.213. The molecule has 0 aromatic rings. The fourth-order valence-corrected chi connectivity index (χ4v) is 4.58. The summed E-state index contributed by atoms with van der Waals surface area (Å²) in [6.45, 7) is 6.52. The van der Waals surface area contributed by atoms with Gasteiger partial charge in [0.2, 0.25) is 0 Å². The van der Waals surface area contributed by atoms with Gasteiger partial charge in [-0.1, -0.05) is 13.3 Å². The summed E-state index contributed by atoms with van der Waals surface area (Å²) < 4.78 is 39.7. The molecule has 20 heavy (non-hydrogen) atoms. The van der Waals surface area contributed by atoms with Gasteiger partial charge in [0, 0.05) is 19.6 Å². The van der Waals surface area contributed by atoms with Crippen molar-refractivity contribution in [2.24, 2.45) is 16.7 Å². The Hall–Kier alpha value is -0.290. The fraction of sp³-hybridized carbons (Fsp3) is 1.00. The van der Waals surface area contributed by atoms with E-state index in [4.69, 9.17) is 0 Å². The average Bonchev–Trinajstić information content (AvgIpc) is 2.72. The van der Waals surface area contributed by atoms with Crippen molar-refractivity contribution >= 4 is 0 Å². The van der Waals surface area contributed by atoms with Gasteiger partial charge in [0.15, 0.2) is 0 Å². The Morgan fingerprint density at radius 1 is 1.25 bits per heavy atom. The third-order valence-corrected chi connectivity index (χ3v) is 5.82. The molecule has 3 rings (SSSR count). The maximum Gasteiger partial charge on any atom is 0.392 e. The minimum absolute atomic E-state index is 0.246. The molecule has 0 aromatic carbocycles. The van der Waals surface area contributed by atoms with Gasteiger partial charge in [-0.3, -0.25) is 0 Å². The van der Waals surface area contributed by atoms with Gasteiger partial charge in [0.1, 0.15) is 0 Å². The minimum Gasteiger partial charge on any atom is -0.316 e. The Morgan fingerprint density at radius 3 is 2.50 bits per heavy atom.